The molecule has 0 aliphatic carbocycles. The molecule has 0 saturated heterocycles. The molecule has 0 spiro atoms. The van der Waals surface area contributed by atoms with Crippen molar-refractivity contribution >= 4 is 5.95 Å². The lowest BCUT2D eigenvalue weighted by atomic mass is 10.2. The quantitative estimate of drug-likeness (QED) is 0.727. The number of furan rings is 1. The normalized spacial score (nSPS) is 10.5. The van der Waals surface area contributed by atoms with Gasteiger partial charge in [0.15, 0.2) is 0 Å². The van der Waals surface area contributed by atoms with Gasteiger partial charge in [-0.1, -0.05) is 0 Å². The van der Waals surface area contributed by atoms with Gasteiger partial charge in [0.1, 0.15) is 11.6 Å². The van der Waals surface area contributed by atoms with E-state index in [2.05, 4.69) is 15.2 Å². The molecule has 0 saturated carbocycles. The summed E-state index contributed by atoms with van der Waals surface area (Å²) in [7, 11) is 0. The van der Waals surface area contributed by atoms with Crippen LogP contribution in [-0.2, 0) is 12.8 Å². The highest BCUT2D eigenvalue weighted by atomic mass is 16.3. The summed E-state index contributed by atoms with van der Waals surface area (Å²) in [6, 6.07) is 3.80. The number of aromatic nitrogens is 3. The topological polar surface area (TPSA) is 80.7 Å². The van der Waals surface area contributed by atoms with Crippen LogP contribution in [0.25, 0.3) is 0 Å². The van der Waals surface area contributed by atoms with Crippen LogP contribution in [0.15, 0.2) is 22.8 Å². The van der Waals surface area contributed by atoms with E-state index < -0.39 is 0 Å². The third kappa shape index (κ3) is 1.87. The SMILES string of the molecule is Nc1n[nH]c(CCc2ccco2)n1. The van der Waals surface area contributed by atoms with Crippen molar-refractivity contribution in [1.82, 2.24) is 15.2 Å². The van der Waals surface area contributed by atoms with E-state index in [4.69, 9.17) is 10.2 Å². The van der Waals surface area contributed by atoms with E-state index in [9.17, 15) is 0 Å². The second-order valence-electron chi connectivity index (χ2n) is 2.72. The van der Waals surface area contributed by atoms with E-state index in [1.807, 2.05) is 12.1 Å². The number of nitrogens with two attached hydrogens (primary N) is 1. The highest BCUT2D eigenvalue weighted by Crippen LogP contribution is 2.04. The fourth-order valence-electron chi connectivity index (χ4n) is 1.12. The van der Waals surface area contributed by atoms with E-state index >= 15 is 0 Å². The van der Waals surface area contributed by atoms with Gasteiger partial charge in [-0.3, -0.25) is 5.10 Å². The minimum Gasteiger partial charge on any atom is -0.469 e. The number of nitrogen functional groups attached to an aromatic ring is 1. The number of anilines is 1. The number of aromatic amines is 1. The van der Waals surface area contributed by atoms with Gasteiger partial charge in [-0.05, 0) is 12.1 Å². The molecule has 0 amide bonds. The summed E-state index contributed by atoms with van der Waals surface area (Å²) in [4.78, 5) is 3.98. The van der Waals surface area contributed by atoms with E-state index in [0.29, 0.717) is 0 Å². The molecule has 3 N–H and O–H groups in total. The fraction of sp³-hybridized carbons (Fsp3) is 0.250. The van der Waals surface area contributed by atoms with Gasteiger partial charge in [0, 0.05) is 12.8 Å². The van der Waals surface area contributed by atoms with Crippen LogP contribution >= 0.6 is 0 Å². The highest BCUT2D eigenvalue weighted by molar-refractivity contribution is 5.13. The number of H-pyrrole nitrogens is 1. The summed E-state index contributed by atoms with van der Waals surface area (Å²) in [6.45, 7) is 0. The van der Waals surface area contributed by atoms with E-state index in [-0.39, 0.29) is 5.95 Å². The fourth-order valence-corrected chi connectivity index (χ4v) is 1.12. The molecular weight excluding hydrogens is 168 g/mol. The van der Waals surface area contributed by atoms with E-state index in [1.54, 1.807) is 6.26 Å². The Balaban J connectivity index is 1.93. The molecule has 0 radical (unpaired) electrons. The molecule has 0 aromatic carbocycles. The highest BCUT2D eigenvalue weighted by Gasteiger charge is 2.01. The van der Waals surface area contributed by atoms with Gasteiger partial charge in [-0.2, -0.15) is 4.98 Å². The maximum absolute atomic E-state index is 5.35. The molecule has 0 unspecified atom stereocenters. The minimum absolute atomic E-state index is 0.287. The zero-order valence-corrected chi connectivity index (χ0v) is 7.03. The number of hydrogen-bond donors (Lipinski definition) is 2. The second kappa shape index (κ2) is 3.30. The molecule has 5 nitrogen and oxygen atoms in total. The van der Waals surface area contributed by atoms with Gasteiger partial charge in [-0.15, -0.1) is 5.10 Å². The van der Waals surface area contributed by atoms with Gasteiger partial charge in [-0.25, -0.2) is 0 Å². The molecule has 0 fully saturated rings. The molecule has 0 aliphatic heterocycles. The zero-order chi connectivity index (χ0) is 9.10. The molecule has 5 heteroatoms. The van der Waals surface area contributed by atoms with Gasteiger partial charge in [0.2, 0.25) is 5.95 Å². The lowest BCUT2D eigenvalue weighted by Crippen LogP contribution is -1.92. The van der Waals surface area contributed by atoms with Crippen molar-refractivity contribution in [3.63, 3.8) is 0 Å². The monoisotopic (exact) mass is 178 g/mol. The van der Waals surface area contributed by atoms with Gasteiger partial charge in [0.25, 0.3) is 0 Å². The Kier molecular flexibility index (Phi) is 1.99. The van der Waals surface area contributed by atoms with Crippen molar-refractivity contribution in [2.45, 2.75) is 12.8 Å². The molecule has 2 rings (SSSR count). The third-order valence-corrected chi connectivity index (χ3v) is 1.74. The number of rotatable bonds is 3. The Labute approximate surface area is 75.0 Å². The smallest absolute Gasteiger partial charge is 0.239 e. The van der Waals surface area contributed by atoms with Gasteiger partial charge >= 0.3 is 0 Å². The molecule has 0 aliphatic rings. The summed E-state index contributed by atoms with van der Waals surface area (Å²) >= 11 is 0. The second-order valence-corrected chi connectivity index (χ2v) is 2.72. The van der Waals surface area contributed by atoms with E-state index in [1.165, 1.54) is 0 Å². The molecule has 68 valence electrons. The van der Waals surface area contributed by atoms with Crippen LogP contribution in [0.1, 0.15) is 11.6 Å². The van der Waals surface area contributed by atoms with Crippen molar-refractivity contribution in [2.24, 2.45) is 0 Å². The van der Waals surface area contributed by atoms with Crippen LogP contribution in [0.2, 0.25) is 0 Å². The number of nitrogens with zero attached hydrogens (tertiary/aromatic N) is 2. The van der Waals surface area contributed by atoms with Crippen LogP contribution in [0, 0.1) is 0 Å². The van der Waals surface area contributed by atoms with Crippen LogP contribution < -0.4 is 5.73 Å². The predicted octanol–water partition coefficient (Wildman–Crippen LogP) is 0.765. The number of aryl methyl sites for hydroxylation is 2. The predicted molar refractivity (Wildman–Crippen MR) is 46.9 cm³/mol. The minimum atomic E-state index is 0.287. The van der Waals surface area contributed by atoms with Crippen molar-refractivity contribution in [2.75, 3.05) is 5.73 Å². The summed E-state index contributed by atoms with van der Waals surface area (Å²) in [6.07, 6.45) is 3.23. The van der Waals surface area contributed by atoms with Crippen LogP contribution in [0.4, 0.5) is 5.95 Å². The molecule has 0 atom stereocenters. The molecule has 2 aromatic rings. The average molecular weight is 178 g/mol. The first kappa shape index (κ1) is 7.85. The van der Waals surface area contributed by atoms with Crippen molar-refractivity contribution < 1.29 is 4.42 Å². The van der Waals surface area contributed by atoms with Crippen molar-refractivity contribution in [3.05, 3.63) is 30.0 Å². The van der Waals surface area contributed by atoms with Gasteiger partial charge in [0.05, 0.1) is 6.26 Å². The standard InChI is InChI=1S/C8H10N4O/c9-8-10-7(11-12-8)4-3-6-2-1-5-13-6/h1-2,5H,3-4H2,(H3,9,10,11,12). The summed E-state index contributed by atoms with van der Waals surface area (Å²) in [5, 5.41) is 6.47. The molecule has 2 aromatic heterocycles. The zero-order valence-electron chi connectivity index (χ0n) is 7.03. The molecule has 13 heavy (non-hydrogen) atoms. The largest absolute Gasteiger partial charge is 0.469 e. The summed E-state index contributed by atoms with van der Waals surface area (Å²) in [5.41, 5.74) is 5.35. The van der Waals surface area contributed by atoms with Crippen molar-refractivity contribution in [1.29, 1.82) is 0 Å². The first-order valence-electron chi connectivity index (χ1n) is 4.04. The average Bonchev–Trinajstić information content (AvgIpc) is 2.71. The maximum Gasteiger partial charge on any atom is 0.239 e. The van der Waals surface area contributed by atoms with Crippen molar-refractivity contribution in [3.8, 4) is 0 Å². The van der Waals surface area contributed by atoms with E-state index in [0.717, 1.165) is 24.4 Å². The Morgan fingerprint density at radius 3 is 3.00 bits per heavy atom. The van der Waals surface area contributed by atoms with Gasteiger partial charge < -0.3 is 10.2 Å². The Morgan fingerprint density at radius 2 is 2.38 bits per heavy atom. The number of nitrogens with one attached hydrogen (secondary N) is 1. The van der Waals surface area contributed by atoms with Crippen LogP contribution in [-0.4, -0.2) is 15.2 Å². The first-order valence-corrected chi connectivity index (χ1v) is 4.04. The lowest BCUT2D eigenvalue weighted by molar-refractivity contribution is 0.506. The molecular formula is C8H10N4O. The van der Waals surface area contributed by atoms with Crippen LogP contribution in [0.3, 0.4) is 0 Å². The Morgan fingerprint density at radius 1 is 1.46 bits per heavy atom. The maximum atomic E-state index is 5.35. The summed E-state index contributed by atoms with van der Waals surface area (Å²) < 4.78 is 5.17. The third-order valence-electron chi connectivity index (χ3n) is 1.74. The Bertz CT molecular complexity index is 365. The van der Waals surface area contributed by atoms with Crippen LogP contribution in [0.5, 0.6) is 0 Å². The first-order chi connectivity index (χ1) is 6.34. The summed E-state index contributed by atoms with van der Waals surface area (Å²) in [5.74, 6) is 2.01. The Hall–Kier alpha value is -1.78. The molecule has 0 bridgehead atoms. The number of hydrogen-bond acceptors (Lipinski definition) is 4. The molecule has 2 heterocycles. The lowest BCUT2D eigenvalue weighted by Gasteiger charge is -1.91.